The van der Waals surface area contributed by atoms with E-state index in [9.17, 15) is 4.79 Å². The number of carbonyl (C=O) groups is 1. The van der Waals surface area contributed by atoms with Crippen molar-refractivity contribution in [1.29, 1.82) is 0 Å². The number of carbonyl (C=O) groups excluding carboxylic acids is 1. The van der Waals surface area contributed by atoms with Crippen LogP contribution in [-0.2, 0) is 0 Å². The number of amides is 1. The van der Waals surface area contributed by atoms with Crippen molar-refractivity contribution >= 4 is 22.9 Å². The molecule has 0 aliphatic rings. The van der Waals surface area contributed by atoms with Crippen LogP contribution in [0.1, 0.15) is 33.4 Å². The van der Waals surface area contributed by atoms with Crippen LogP contribution < -0.4 is 10.1 Å². The summed E-state index contributed by atoms with van der Waals surface area (Å²) in [5, 5.41) is 3.83. The molecule has 0 aliphatic carbocycles. The van der Waals surface area contributed by atoms with Crippen molar-refractivity contribution in [2.24, 2.45) is 0 Å². The molecule has 5 heteroatoms. The highest BCUT2D eigenvalue weighted by Gasteiger charge is 2.17. The van der Waals surface area contributed by atoms with Gasteiger partial charge >= 0.3 is 0 Å². The van der Waals surface area contributed by atoms with E-state index < -0.39 is 0 Å². The molecule has 3 aromatic rings. The lowest BCUT2D eigenvalue weighted by atomic mass is 10.1. The highest BCUT2D eigenvalue weighted by atomic mass is 32.1. The van der Waals surface area contributed by atoms with Crippen LogP contribution in [0, 0.1) is 20.8 Å². The molecule has 4 nitrogen and oxygen atoms in total. The van der Waals surface area contributed by atoms with E-state index in [2.05, 4.69) is 16.4 Å². The average molecular weight is 366 g/mol. The molecule has 0 bridgehead atoms. The standard InChI is InChI=1S/C21H22N2O2S/c1-5-25-17-9-7-16(8-10-17)21-22-15(4)19(26-21)20(24)23-18-11-6-13(2)12-14(18)3/h6-12H,5H2,1-4H3,(H,23,24). The van der Waals surface area contributed by atoms with Crippen molar-refractivity contribution in [2.45, 2.75) is 27.7 Å². The molecule has 0 saturated heterocycles. The molecule has 0 radical (unpaired) electrons. The fourth-order valence-electron chi connectivity index (χ4n) is 2.72. The minimum absolute atomic E-state index is 0.121. The van der Waals surface area contributed by atoms with Gasteiger partial charge < -0.3 is 10.1 Å². The van der Waals surface area contributed by atoms with Gasteiger partial charge in [0.2, 0.25) is 0 Å². The van der Waals surface area contributed by atoms with E-state index in [4.69, 9.17) is 4.74 Å². The van der Waals surface area contributed by atoms with Crippen LogP contribution in [0.5, 0.6) is 5.75 Å². The van der Waals surface area contributed by atoms with E-state index in [1.165, 1.54) is 16.9 Å². The van der Waals surface area contributed by atoms with E-state index in [0.717, 1.165) is 33.3 Å². The Labute approximate surface area is 157 Å². The van der Waals surface area contributed by atoms with Crippen molar-refractivity contribution in [2.75, 3.05) is 11.9 Å². The lowest BCUT2D eigenvalue weighted by Gasteiger charge is -2.08. The molecule has 1 aromatic heterocycles. The third kappa shape index (κ3) is 3.94. The third-order valence-electron chi connectivity index (χ3n) is 4.05. The number of hydrogen-bond donors (Lipinski definition) is 1. The highest BCUT2D eigenvalue weighted by molar-refractivity contribution is 7.17. The summed E-state index contributed by atoms with van der Waals surface area (Å²) in [5.41, 5.74) is 4.77. The summed E-state index contributed by atoms with van der Waals surface area (Å²) in [4.78, 5) is 17.9. The van der Waals surface area contributed by atoms with Gasteiger partial charge in [-0.1, -0.05) is 17.7 Å². The zero-order valence-corrected chi connectivity index (χ0v) is 16.2. The Hall–Kier alpha value is -2.66. The summed E-state index contributed by atoms with van der Waals surface area (Å²) >= 11 is 1.40. The lowest BCUT2D eigenvalue weighted by Crippen LogP contribution is -2.12. The number of thiazole rings is 1. The van der Waals surface area contributed by atoms with Gasteiger partial charge in [0.25, 0.3) is 5.91 Å². The Morgan fingerprint density at radius 3 is 2.50 bits per heavy atom. The van der Waals surface area contributed by atoms with Crippen molar-refractivity contribution < 1.29 is 9.53 Å². The van der Waals surface area contributed by atoms with E-state index in [1.54, 1.807) is 0 Å². The molecule has 1 N–H and O–H groups in total. The number of nitrogens with zero attached hydrogens (tertiary/aromatic N) is 1. The second kappa shape index (κ2) is 7.70. The van der Waals surface area contributed by atoms with Crippen molar-refractivity contribution in [3.8, 4) is 16.3 Å². The topological polar surface area (TPSA) is 51.2 Å². The van der Waals surface area contributed by atoms with Crippen molar-refractivity contribution in [3.63, 3.8) is 0 Å². The molecule has 2 aromatic carbocycles. The molecule has 0 unspecified atom stereocenters. The fourth-order valence-corrected chi connectivity index (χ4v) is 3.69. The molecule has 0 spiro atoms. The number of anilines is 1. The number of benzene rings is 2. The van der Waals surface area contributed by atoms with Crippen LogP contribution in [0.25, 0.3) is 10.6 Å². The van der Waals surface area contributed by atoms with Gasteiger partial charge in [0.05, 0.1) is 12.3 Å². The minimum atomic E-state index is -0.121. The van der Waals surface area contributed by atoms with Gasteiger partial charge in [-0.2, -0.15) is 0 Å². The molecule has 1 heterocycles. The number of rotatable bonds is 5. The van der Waals surface area contributed by atoms with E-state index in [1.807, 2.05) is 64.1 Å². The maximum atomic E-state index is 12.7. The van der Waals surface area contributed by atoms with Gasteiger partial charge in [0.1, 0.15) is 15.6 Å². The maximum absolute atomic E-state index is 12.7. The first-order valence-corrected chi connectivity index (χ1v) is 9.39. The Kier molecular flexibility index (Phi) is 5.38. The number of aryl methyl sites for hydroxylation is 3. The first kappa shape index (κ1) is 18.1. The van der Waals surface area contributed by atoms with Crippen molar-refractivity contribution in [1.82, 2.24) is 4.98 Å². The van der Waals surface area contributed by atoms with Crippen LogP contribution in [0.2, 0.25) is 0 Å². The smallest absolute Gasteiger partial charge is 0.267 e. The lowest BCUT2D eigenvalue weighted by molar-refractivity contribution is 0.102. The predicted molar refractivity (Wildman–Crippen MR) is 107 cm³/mol. The van der Waals surface area contributed by atoms with Crippen LogP contribution in [-0.4, -0.2) is 17.5 Å². The number of nitrogens with one attached hydrogen (secondary N) is 1. The zero-order chi connectivity index (χ0) is 18.7. The molecule has 134 valence electrons. The Balaban J connectivity index is 1.82. The van der Waals surface area contributed by atoms with E-state index in [-0.39, 0.29) is 5.91 Å². The van der Waals surface area contributed by atoms with Crippen LogP contribution in [0.4, 0.5) is 5.69 Å². The summed E-state index contributed by atoms with van der Waals surface area (Å²) in [5.74, 6) is 0.710. The highest BCUT2D eigenvalue weighted by Crippen LogP contribution is 2.30. The summed E-state index contributed by atoms with van der Waals surface area (Å²) in [7, 11) is 0. The maximum Gasteiger partial charge on any atom is 0.267 e. The SMILES string of the molecule is CCOc1ccc(-c2nc(C)c(C(=O)Nc3ccc(C)cc3C)s2)cc1. The Morgan fingerprint density at radius 2 is 1.85 bits per heavy atom. The summed E-state index contributed by atoms with van der Waals surface area (Å²) < 4.78 is 5.47. The minimum Gasteiger partial charge on any atom is -0.494 e. The van der Waals surface area contributed by atoms with Crippen molar-refractivity contribution in [3.05, 3.63) is 64.2 Å². The number of ether oxygens (including phenoxy) is 1. The third-order valence-corrected chi connectivity index (χ3v) is 5.25. The molecule has 0 atom stereocenters. The molecule has 3 rings (SSSR count). The van der Waals surface area contributed by atoms with Gasteiger partial charge in [0, 0.05) is 11.3 Å². The summed E-state index contributed by atoms with van der Waals surface area (Å²) in [6, 6.07) is 13.8. The summed E-state index contributed by atoms with van der Waals surface area (Å²) in [6.07, 6.45) is 0. The van der Waals surface area contributed by atoms with Gasteiger partial charge in [-0.15, -0.1) is 11.3 Å². The second-order valence-corrected chi connectivity index (χ2v) is 7.16. The average Bonchev–Trinajstić information content (AvgIpc) is 3.00. The van der Waals surface area contributed by atoms with Crippen LogP contribution >= 0.6 is 11.3 Å². The largest absolute Gasteiger partial charge is 0.494 e. The van der Waals surface area contributed by atoms with E-state index in [0.29, 0.717) is 11.5 Å². The number of hydrogen-bond acceptors (Lipinski definition) is 4. The molecular formula is C21H22N2O2S. The second-order valence-electron chi connectivity index (χ2n) is 6.16. The Morgan fingerprint density at radius 1 is 1.12 bits per heavy atom. The molecule has 26 heavy (non-hydrogen) atoms. The van der Waals surface area contributed by atoms with Gasteiger partial charge in [-0.3, -0.25) is 4.79 Å². The molecule has 0 fully saturated rings. The quantitative estimate of drug-likeness (QED) is 0.659. The fraction of sp³-hybridized carbons (Fsp3) is 0.238. The Bertz CT molecular complexity index is 930. The molecule has 0 saturated carbocycles. The molecule has 1 amide bonds. The molecular weight excluding hydrogens is 344 g/mol. The van der Waals surface area contributed by atoms with Gasteiger partial charge in [0.15, 0.2) is 0 Å². The normalized spacial score (nSPS) is 10.6. The van der Waals surface area contributed by atoms with E-state index >= 15 is 0 Å². The first-order valence-electron chi connectivity index (χ1n) is 8.57. The van der Waals surface area contributed by atoms with Gasteiger partial charge in [-0.25, -0.2) is 4.98 Å². The van der Waals surface area contributed by atoms with Gasteiger partial charge in [-0.05, 0) is 63.6 Å². The number of aromatic nitrogens is 1. The zero-order valence-electron chi connectivity index (χ0n) is 15.4. The summed E-state index contributed by atoms with van der Waals surface area (Å²) in [6.45, 7) is 8.49. The monoisotopic (exact) mass is 366 g/mol. The predicted octanol–water partition coefficient (Wildman–Crippen LogP) is 5.39. The van der Waals surface area contributed by atoms with Crippen LogP contribution in [0.15, 0.2) is 42.5 Å². The molecule has 0 aliphatic heterocycles. The first-order chi connectivity index (χ1) is 12.5. The van der Waals surface area contributed by atoms with Crippen LogP contribution in [0.3, 0.4) is 0 Å².